The van der Waals surface area contributed by atoms with E-state index < -0.39 is 12.1 Å². The van der Waals surface area contributed by atoms with Crippen LogP contribution in [0.3, 0.4) is 0 Å². The van der Waals surface area contributed by atoms with E-state index in [1.165, 1.54) is 12.1 Å². The molecule has 36 heavy (non-hydrogen) atoms. The minimum Gasteiger partial charge on any atom is -0.397 e. The number of anilines is 3. The number of alkyl halides is 3. The number of piperidine rings is 1. The number of carbonyl (C=O) groups is 1. The van der Waals surface area contributed by atoms with Crippen LogP contribution in [-0.2, 0) is 11.3 Å². The zero-order valence-electron chi connectivity index (χ0n) is 20.2. The molecule has 2 aliphatic rings. The number of carbonyl (C=O) groups excluding carboxylic acids is 1. The van der Waals surface area contributed by atoms with E-state index in [9.17, 15) is 18.0 Å². The van der Waals surface area contributed by atoms with Gasteiger partial charge in [0, 0.05) is 58.4 Å². The number of halogens is 3. The highest BCUT2D eigenvalue weighted by molar-refractivity contribution is 5.79. The summed E-state index contributed by atoms with van der Waals surface area (Å²) in [5.41, 5.74) is 0.167. The van der Waals surface area contributed by atoms with E-state index in [0.29, 0.717) is 37.4 Å². The van der Waals surface area contributed by atoms with Crippen LogP contribution in [0.15, 0.2) is 12.1 Å². The van der Waals surface area contributed by atoms with Crippen LogP contribution >= 0.6 is 0 Å². The van der Waals surface area contributed by atoms with Gasteiger partial charge in [-0.1, -0.05) is 6.07 Å². The molecule has 1 unspecified atom stereocenters. The fourth-order valence-electron chi connectivity index (χ4n) is 4.21. The first-order chi connectivity index (χ1) is 17.2. The monoisotopic (exact) mass is 506 g/mol. The quantitative estimate of drug-likeness (QED) is 0.581. The van der Waals surface area contributed by atoms with E-state index in [1.54, 1.807) is 7.05 Å². The van der Waals surface area contributed by atoms with Crippen LogP contribution in [0, 0.1) is 18.1 Å². The Morgan fingerprint density at radius 1 is 1.14 bits per heavy atom. The molecule has 13 heteroatoms. The molecule has 2 aliphatic heterocycles. The van der Waals surface area contributed by atoms with Crippen molar-refractivity contribution in [2.45, 2.75) is 25.7 Å². The summed E-state index contributed by atoms with van der Waals surface area (Å²) in [6, 6.07) is 7.58. The molecule has 1 amide bonds. The first-order valence-corrected chi connectivity index (χ1v) is 11.8. The molecule has 194 valence electrons. The number of likely N-dealkylation sites (N-methyl/N-ethyl adjacent to an activating group) is 1. The molecule has 2 N–H and O–H groups in total. The third-order valence-corrected chi connectivity index (χ3v) is 6.21. The van der Waals surface area contributed by atoms with Crippen LogP contribution in [0.2, 0.25) is 0 Å². The Morgan fingerprint density at radius 3 is 2.56 bits per heavy atom. The van der Waals surface area contributed by atoms with Gasteiger partial charge in [-0.3, -0.25) is 4.79 Å². The molecule has 4 rings (SSSR count). The summed E-state index contributed by atoms with van der Waals surface area (Å²) in [4.78, 5) is 33.0. The first-order valence-electron chi connectivity index (χ1n) is 11.8. The Kier molecular flexibility index (Phi) is 7.83. The van der Waals surface area contributed by atoms with Gasteiger partial charge in [-0.05, 0) is 38.1 Å². The lowest BCUT2D eigenvalue weighted by Gasteiger charge is -2.34. The van der Waals surface area contributed by atoms with Gasteiger partial charge in [-0.15, -0.1) is 13.2 Å². The van der Waals surface area contributed by atoms with E-state index in [2.05, 4.69) is 54.3 Å². The van der Waals surface area contributed by atoms with E-state index in [0.717, 1.165) is 32.6 Å². The molecule has 2 fully saturated rings. The molecule has 1 aromatic carbocycles. The molecule has 2 aromatic rings. The summed E-state index contributed by atoms with van der Waals surface area (Å²) < 4.78 is 42.0. The molecule has 0 aliphatic carbocycles. The SMILES string of the molecule is CNc1nc(N2CCN(C)CC2)nc(N2CCCC(C(=O)NCc3ccc#cc3OC(F)(F)F)C2)n1. The van der Waals surface area contributed by atoms with Gasteiger partial charge in [0.1, 0.15) is 0 Å². The number of rotatable bonds is 7. The number of piperazine rings is 1. The summed E-state index contributed by atoms with van der Waals surface area (Å²) in [6.07, 6.45) is -3.45. The van der Waals surface area contributed by atoms with E-state index >= 15 is 0 Å². The number of hydrogen-bond acceptors (Lipinski definition) is 9. The van der Waals surface area contributed by atoms with Crippen molar-refractivity contribution in [3.05, 3.63) is 29.8 Å². The van der Waals surface area contributed by atoms with Gasteiger partial charge in [0.15, 0.2) is 5.75 Å². The van der Waals surface area contributed by atoms with Gasteiger partial charge in [0.2, 0.25) is 23.8 Å². The lowest BCUT2D eigenvalue weighted by molar-refractivity contribution is -0.274. The summed E-state index contributed by atoms with van der Waals surface area (Å²) in [6.45, 7) is 4.40. The van der Waals surface area contributed by atoms with Crippen molar-refractivity contribution < 1.29 is 22.7 Å². The van der Waals surface area contributed by atoms with Gasteiger partial charge >= 0.3 is 6.36 Å². The maximum absolute atomic E-state index is 12.9. The molecule has 0 radical (unpaired) electrons. The topological polar surface area (TPSA) is 98.8 Å². The molecule has 0 spiro atoms. The fraction of sp³-hybridized carbons (Fsp3) is 0.565. The Labute approximate surface area is 207 Å². The lowest BCUT2D eigenvalue weighted by Crippen LogP contribution is -2.46. The fourth-order valence-corrected chi connectivity index (χ4v) is 4.21. The third-order valence-electron chi connectivity index (χ3n) is 6.21. The smallest absolute Gasteiger partial charge is 0.397 e. The van der Waals surface area contributed by atoms with Crippen molar-refractivity contribution >= 4 is 23.8 Å². The second kappa shape index (κ2) is 11.0. The largest absolute Gasteiger partial charge is 0.573 e. The minimum atomic E-state index is -4.85. The van der Waals surface area contributed by atoms with Crippen LogP contribution in [-0.4, -0.2) is 85.5 Å². The summed E-state index contributed by atoms with van der Waals surface area (Å²) in [5, 5.41) is 5.72. The summed E-state index contributed by atoms with van der Waals surface area (Å²) >= 11 is 0. The van der Waals surface area contributed by atoms with Crippen LogP contribution in [0.1, 0.15) is 18.4 Å². The van der Waals surface area contributed by atoms with Crippen LogP contribution in [0.25, 0.3) is 0 Å². The van der Waals surface area contributed by atoms with E-state index in [4.69, 9.17) is 4.98 Å². The van der Waals surface area contributed by atoms with Crippen molar-refractivity contribution in [3.63, 3.8) is 0 Å². The Balaban J connectivity index is 1.42. The van der Waals surface area contributed by atoms with Crippen LogP contribution in [0.4, 0.5) is 31.0 Å². The van der Waals surface area contributed by atoms with Crippen molar-refractivity contribution in [2.75, 3.05) is 68.5 Å². The molecule has 10 nitrogen and oxygen atoms in total. The third kappa shape index (κ3) is 6.57. The summed E-state index contributed by atoms with van der Waals surface area (Å²) in [5.74, 6) is 0.416. The normalized spacial score (nSPS) is 19.0. The number of nitrogens with zero attached hydrogens (tertiary/aromatic N) is 6. The zero-order chi connectivity index (χ0) is 25.7. The van der Waals surface area contributed by atoms with Gasteiger partial charge in [-0.25, -0.2) is 0 Å². The molecule has 1 aromatic heterocycles. The number of aromatic nitrogens is 3. The van der Waals surface area contributed by atoms with Crippen LogP contribution < -0.4 is 25.2 Å². The molecular formula is C23H29F3N8O2. The molecule has 3 heterocycles. The zero-order valence-corrected chi connectivity index (χ0v) is 20.2. The predicted molar refractivity (Wildman–Crippen MR) is 127 cm³/mol. The predicted octanol–water partition coefficient (Wildman–Crippen LogP) is 1.70. The van der Waals surface area contributed by atoms with E-state index in [-0.39, 0.29) is 23.9 Å². The maximum Gasteiger partial charge on any atom is 0.573 e. The molecular weight excluding hydrogens is 477 g/mol. The number of hydrogen-bond donors (Lipinski definition) is 2. The number of ether oxygens (including phenoxy) is 1. The number of nitrogens with one attached hydrogen (secondary N) is 2. The van der Waals surface area contributed by atoms with Crippen molar-refractivity contribution in [1.82, 2.24) is 25.2 Å². The average Bonchev–Trinajstić information content (AvgIpc) is 2.87. The highest BCUT2D eigenvalue weighted by Gasteiger charge is 2.33. The molecule has 2 saturated heterocycles. The molecule has 1 atom stereocenters. The van der Waals surface area contributed by atoms with Gasteiger partial charge < -0.3 is 30.1 Å². The Morgan fingerprint density at radius 2 is 1.86 bits per heavy atom. The highest BCUT2D eigenvalue weighted by atomic mass is 19.4. The Hall–Kier alpha value is -3.53. The van der Waals surface area contributed by atoms with Crippen molar-refractivity contribution in [3.8, 4) is 5.75 Å². The average molecular weight is 507 g/mol. The van der Waals surface area contributed by atoms with Gasteiger partial charge in [0.05, 0.1) is 5.92 Å². The number of amides is 1. The standard InChI is InChI=1S/C23H29F3N8O2/c1-27-20-29-21(33-12-10-32(2)11-13-33)31-22(30-20)34-9-5-7-17(15-34)19(35)28-14-16-6-3-4-8-18(16)36-23(24,25)26/h3,6,17H,5,7,9-15H2,1-2H3,(H,28,35)(H,27,29,30,31). The Bertz CT molecular complexity index is 1050. The van der Waals surface area contributed by atoms with Crippen molar-refractivity contribution in [2.24, 2.45) is 5.92 Å². The highest BCUT2D eigenvalue weighted by Crippen LogP contribution is 2.26. The minimum absolute atomic E-state index is 0.116. The lowest BCUT2D eigenvalue weighted by atomic mass is 9.97. The second-order valence-electron chi connectivity index (χ2n) is 8.81. The molecule has 0 saturated carbocycles. The molecule has 0 bridgehead atoms. The maximum atomic E-state index is 12.9. The second-order valence-corrected chi connectivity index (χ2v) is 8.81. The van der Waals surface area contributed by atoms with Gasteiger partial charge in [0.25, 0.3) is 0 Å². The van der Waals surface area contributed by atoms with Gasteiger partial charge in [-0.2, -0.15) is 15.0 Å². The first kappa shape index (κ1) is 25.6. The van der Waals surface area contributed by atoms with E-state index in [1.807, 2.05) is 4.90 Å². The summed E-state index contributed by atoms with van der Waals surface area (Å²) in [7, 11) is 3.82. The van der Waals surface area contributed by atoms with Crippen molar-refractivity contribution in [1.29, 1.82) is 0 Å². The van der Waals surface area contributed by atoms with Crippen LogP contribution in [0.5, 0.6) is 5.75 Å².